The number of furan rings is 1. The molecule has 0 fully saturated rings. The maximum Gasteiger partial charge on any atom is 0.185 e. The van der Waals surface area contributed by atoms with Crippen LogP contribution in [0.2, 0.25) is 0 Å². The van der Waals surface area contributed by atoms with Crippen molar-refractivity contribution in [3.05, 3.63) is 133 Å². The summed E-state index contributed by atoms with van der Waals surface area (Å²) in [5, 5.41) is 9.68. The van der Waals surface area contributed by atoms with Gasteiger partial charge in [0.2, 0.25) is 0 Å². The van der Waals surface area contributed by atoms with E-state index in [0.717, 1.165) is 21.9 Å². The normalized spacial score (nSPS) is 11.6. The lowest BCUT2D eigenvalue weighted by molar-refractivity contribution is 0.669. The molecule has 8 aromatic rings. The third kappa shape index (κ3) is 3.00. The molecule has 0 bridgehead atoms. The molecule has 0 aliphatic carbocycles. The average molecular weight is 469 g/mol. The van der Waals surface area contributed by atoms with Crippen LogP contribution in [0.3, 0.4) is 0 Å². The molecule has 0 atom stereocenters. The molecule has 0 N–H and O–H groups in total. The molecule has 1 heterocycles. The number of hydrogen-bond acceptors (Lipinski definition) is 1. The van der Waals surface area contributed by atoms with Gasteiger partial charge in [-0.2, -0.15) is 0 Å². The first-order chi connectivity index (χ1) is 18.3. The number of hydrogen-bond donors (Lipinski definition) is 0. The van der Waals surface area contributed by atoms with Crippen molar-refractivity contribution in [2.24, 2.45) is 0 Å². The molecule has 0 saturated heterocycles. The first kappa shape index (κ1) is 20.2. The van der Waals surface area contributed by atoms with E-state index in [2.05, 4.69) is 127 Å². The maximum atomic E-state index is 6.04. The Kier molecular flexibility index (Phi) is 4.21. The van der Waals surface area contributed by atoms with E-state index in [9.17, 15) is 0 Å². The van der Waals surface area contributed by atoms with E-state index in [0.29, 0.717) is 0 Å². The predicted octanol–water partition coefficient (Wildman–Crippen LogP) is 9.98. The number of benzene rings is 6. The fourth-order valence-electron chi connectivity index (χ4n) is 5.86. The Morgan fingerprint density at radius 3 is 1.76 bits per heavy atom. The molecule has 0 saturated carbocycles. The van der Waals surface area contributed by atoms with Gasteiger partial charge in [-0.25, -0.2) is 0 Å². The van der Waals surface area contributed by atoms with Gasteiger partial charge in [0, 0.05) is 10.8 Å². The topological polar surface area (TPSA) is 13.1 Å². The van der Waals surface area contributed by atoms with E-state index >= 15 is 0 Å². The van der Waals surface area contributed by atoms with Crippen molar-refractivity contribution in [1.29, 1.82) is 0 Å². The van der Waals surface area contributed by atoms with Gasteiger partial charge in [0.05, 0.1) is 0 Å². The van der Waals surface area contributed by atoms with Gasteiger partial charge >= 0.3 is 0 Å². The maximum absolute atomic E-state index is 6.04. The van der Waals surface area contributed by atoms with Crippen molar-refractivity contribution in [2.75, 3.05) is 0 Å². The second-order valence-electron chi connectivity index (χ2n) is 9.56. The van der Waals surface area contributed by atoms with Gasteiger partial charge in [0.15, 0.2) is 5.58 Å². The minimum Gasteiger partial charge on any atom is -0.447 e. The van der Waals surface area contributed by atoms with Gasteiger partial charge in [0.1, 0.15) is 5.58 Å². The van der Waals surface area contributed by atoms with Crippen molar-refractivity contribution < 1.29 is 4.42 Å². The molecule has 1 heteroatoms. The third-order valence-electron chi connectivity index (χ3n) is 7.50. The summed E-state index contributed by atoms with van der Waals surface area (Å²) < 4.78 is 6.04. The van der Waals surface area contributed by atoms with Crippen LogP contribution in [0.4, 0.5) is 0 Å². The minimum atomic E-state index is 0.746. The van der Waals surface area contributed by atoms with Gasteiger partial charge in [0.25, 0.3) is 0 Å². The molecule has 0 amide bonds. The van der Waals surface area contributed by atoms with E-state index in [4.69, 9.17) is 4.42 Å². The van der Waals surface area contributed by atoms with Crippen molar-refractivity contribution in [3.8, 4) is 22.3 Å². The van der Waals surface area contributed by atoms with Gasteiger partial charge < -0.3 is 4.42 Å². The Bertz CT molecular complexity index is 2090. The molecule has 7 aromatic carbocycles. The summed E-state index contributed by atoms with van der Waals surface area (Å²) in [6.45, 7) is 0. The molecular formula is C36H20O. The van der Waals surface area contributed by atoms with E-state index in [1.807, 2.05) is 6.07 Å². The Morgan fingerprint density at radius 1 is 0.459 bits per heavy atom. The second-order valence-corrected chi connectivity index (χ2v) is 9.56. The predicted molar refractivity (Wildman–Crippen MR) is 155 cm³/mol. The van der Waals surface area contributed by atoms with Gasteiger partial charge in [-0.1, -0.05) is 97.1 Å². The van der Waals surface area contributed by atoms with Crippen LogP contribution in [0.5, 0.6) is 0 Å². The Hall–Kier alpha value is -5.06. The van der Waals surface area contributed by atoms with Gasteiger partial charge in [-0.15, -0.1) is 0 Å². The molecule has 8 rings (SSSR count). The molecular weight excluding hydrogens is 448 g/mol. The molecule has 0 aliphatic rings. The van der Waals surface area contributed by atoms with Crippen LogP contribution in [0.25, 0.3) is 76.5 Å². The van der Waals surface area contributed by atoms with Crippen molar-refractivity contribution in [1.82, 2.24) is 0 Å². The van der Waals surface area contributed by atoms with Crippen LogP contribution in [-0.4, -0.2) is 0 Å². The summed E-state index contributed by atoms with van der Waals surface area (Å²) in [4.78, 5) is 0. The van der Waals surface area contributed by atoms with Crippen molar-refractivity contribution in [3.63, 3.8) is 0 Å². The van der Waals surface area contributed by atoms with Gasteiger partial charge in [-0.05, 0) is 91.0 Å². The average Bonchev–Trinajstić information content (AvgIpc) is 3.33. The molecule has 1 aromatic heterocycles. The van der Waals surface area contributed by atoms with Crippen molar-refractivity contribution >= 4 is 54.3 Å². The van der Waals surface area contributed by atoms with Crippen LogP contribution in [-0.2, 0) is 0 Å². The minimum absolute atomic E-state index is 0.746. The Balaban J connectivity index is 1.48. The van der Waals surface area contributed by atoms with E-state index in [-0.39, 0.29) is 0 Å². The van der Waals surface area contributed by atoms with Crippen LogP contribution in [0, 0.1) is 12.1 Å². The number of rotatable bonds is 2. The van der Waals surface area contributed by atoms with Crippen LogP contribution >= 0.6 is 0 Å². The van der Waals surface area contributed by atoms with E-state index in [1.54, 1.807) is 0 Å². The highest BCUT2D eigenvalue weighted by Crippen LogP contribution is 2.45. The fourth-order valence-corrected chi connectivity index (χ4v) is 5.86. The molecule has 0 radical (unpaired) electrons. The SMILES string of the molecule is c1ccc2c(c#1)oc1ccc(-c3c4ccccc4c(-c4ccc5ccccc5c4)c4ccccc34)cc12. The summed E-state index contributed by atoms with van der Waals surface area (Å²) in [5.74, 6) is 0. The lowest BCUT2D eigenvalue weighted by Gasteiger charge is -2.18. The molecule has 37 heavy (non-hydrogen) atoms. The highest BCUT2D eigenvalue weighted by Gasteiger charge is 2.17. The molecule has 0 spiro atoms. The zero-order valence-corrected chi connectivity index (χ0v) is 20.0. The zero-order chi connectivity index (χ0) is 24.3. The summed E-state index contributed by atoms with van der Waals surface area (Å²) in [6, 6.07) is 49.5. The third-order valence-corrected chi connectivity index (χ3v) is 7.50. The van der Waals surface area contributed by atoms with Gasteiger partial charge in [-0.3, -0.25) is 0 Å². The Morgan fingerprint density at radius 2 is 1.05 bits per heavy atom. The largest absolute Gasteiger partial charge is 0.447 e. The smallest absolute Gasteiger partial charge is 0.185 e. The summed E-state index contributed by atoms with van der Waals surface area (Å²) in [7, 11) is 0. The summed E-state index contributed by atoms with van der Waals surface area (Å²) in [5.41, 5.74) is 6.56. The second kappa shape index (κ2) is 7.72. The highest BCUT2D eigenvalue weighted by molar-refractivity contribution is 6.22. The zero-order valence-electron chi connectivity index (χ0n) is 20.0. The van der Waals surface area contributed by atoms with Crippen LogP contribution < -0.4 is 0 Å². The summed E-state index contributed by atoms with van der Waals surface area (Å²) >= 11 is 0. The van der Waals surface area contributed by atoms with Crippen LogP contribution in [0.15, 0.2) is 126 Å². The Labute approximate surface area is 214 Å². The van der Waals surface area contributed by atoms with Crippen LogP contribution in [0.1, 0.15) is 0 Å². The lowest BCUT2D eigenvalue weighted by atomic mass is 9.85. The van der Waals surface area contributed by atoms with E-state index < -0.39 is 0 Å². The van der Waals surface area contributed by atoms with Crippen molar-refractivity contribution in [2.45, 2.75) is 0 Å². The summed E-state index contributed by atoms with van der Waals surface area (Å²) in [6.07, 6.45) is 0. The quantitative estimate of drug-likeness (QED) is 0.230. The molecule has 1 nitrogen and oxygen atoms in total. The first-order valence-electron chi connectivity index (χ1n) is 12.5. The highest BCUT2D eigenvalue weighted by atomic mass is 16.3. The molecule has 0 unspecified atom stereocenters. The lowest BCUT2D eigenvalue weighted by Crippen LogP contribution is -1.91. The molecule has 0 aliphatic heterocycles. The molecule has 170 valence electrons. The first-order valence-corrected chi connectivity index (χ1v) is 12.5. The fraction of sp³-hybridized carbons (Fsp3) is 0. The van der Waals surface area contributed by atoms with E-state index in [1.165, 1.54) is 54.6 Å². The standard InChI is InChI=1S/C36H20O/c1-2-10-24-21-25(18-17-23(24)9-1)35-28-12-3-5-14-30(28)36(31-15-6-4-13-29(31)35)26-19-20-34-32(22-26)27-11-7-8-16-33(27)37-34/h1-7,9-15,17-22H. The number of fused-ring (bicyclic) bond motifs is 6. The monoisotopic (exact) mass is 468 g/mol.